The minimum absolute atomic E-state index is 0.0297. The van der Waals surface area contributed by atoms with Crippen LogP contribution in [0.2, 0.25) is 0 Å². The first-order valence-corrected chi connectivity index (χ1v) is 12.1. The number of fused-ring (bicyclic) bond motifs is 1. The number of ketones is 1. The van der Waals surface area contributed by atoms with Crippen molar-refractivity contribution < 1.29 is 33.4 Å². The highest BCUT2D eigenvalue weighted by molar-refractivity contribution is 6.02. The molecule has 2 unspecified atom stereocenters. The number of hydrogen-bond acceptors (Lipinski definition) is 7. The van der Waals surface area contributed by atoms with Crippen molar-refractivity contribution in [2.24, 2.45) is 5.92 Å². The van der Waals surface area contributed by atoms with E-state index in [-0.39, 0.29) is 43.6 Å². The average Bonchev–Trinajstić information content (AvgIpc) is 3.47. The van der Waals surface area contributed by atoms with Gasteiger partial charge in [0.15, 0.2) is 5.78 Å². The smallest absolute Gasteiger partial charge is 0.338 e. The van der Waals surface area contributed by atoms with Crippen LogP contribution in [0.1, 0.15) is 46.9 Å². The number of amides is 2. The summed E-state index contributed by atoms with van der Waals surface area (Å²) in [5.74, 6) is -0.0737. The standard InChI is InChI=1S/C27H28N2O7/c1-3-35-26(33)17-4-6-19(7-5-17)29-15-18(12-24(29)31)25(32)28-11-10-27(16-28)14-22(30)21-13-20(34-2)8-9-23(21)36-27/h4-9,13,18H,3,10-12,14-16H2,1-2H3. The highest BCUT2D eigenvalue weighted by atomic mass is 16.5. The van der Waals surface area contributed by atoms with E-state index in [1.165, 1.54) is 0 Å². The predicted octanol–water partition coefficient (Wildman–Crippen LogP) is 2.86. The molecule has 0 N–H and O–H groups in total. The summed E-state index contributed by atoms with van der Waals surface area (Å²) >= 11 is 0. The van der Waals surface area contributed by atoms with E-state index in [0.29, 0.717) is 47.8 Å². The van der Waals surface area contributed by atoms with E-state index < -0.39 is 17.5 Å². The monoisotopic (exact) mass is 492 g/mol. The van der Waals surface area contributed by atoms with Crippen molar-refractivity contribution in [3.63, 3.8) is 0 Å². The Hall–Kier alpha value is -3.88. The first-order valence-electron chi connectivity index (χ1n) is 12.1. The van der Waals surface area contributed by atoms with E-state index >= 15 is 0 Å². The number of esters is 1. The summed E-state index contributed by atoms with van der Waals surface area (Å²) in [5.41, 5.74) is 0.786. The molecular formula is C27H28N2O7. The Kier molecular flexibility index (Phi) is 6.15. The van der Waals surface area contributed by atoms with Crippen LogP contribution < -0.4 is 14.4 Å². The molecule has 3 aliphatic rings. The van der Waals surface area contributed by atoms with Crippen LogP contribution in [-0.4, -0.2) is 67.4 Å². The van der Waals surface area contributed by atoms with Gasteiger partial charge in [0.25, 0.3) is 0 Å². The lowest BCUT2D eigenvalue weighted by Crippen LogP contribution is -2.46. The molecule has 0 aliphatic carbocycles. The van der Waals surface area contributed by atoms with Gasteiger partial charge < -0.3 is 24.0 Å². The zero-order chi connectivity index (χ0) is 25.4. The van der Waals surface area contributed by atoms with Gasteiger partial charge in [0, 0.05) is 31.6 Å². The van der Waals surface area contributed by atoms with Crippen LogP contribution in [-0.2, 0) is 14.3 Å². The molecule has 9 nitrogen and oxygen atoms in total. The lowest BCUT2D eigenvalue weighted by Gasteiger charge is -2.35. The zero-order valence-electron chi connectivity index (χ0n) is 20.3. The van der Waals surface area contributed by atoms with Gasteiger partial charge in [0.2, 0.25) is 11.8 Å². The van der Waals surface area contributed by atoms with Crippen LogP contribution in [0.15, 0.2) is 42.5 Å². The van der Waals surface area contributed by atoms with Gasteiger partial charge in [-0.3, -0.25) is 14.4 Å². The molecule has 5 rings (SSSR count). The van der Waals surface area contributed by atoms with Gasteiger partial charge in [-0.25, -0.2) is 4.79 Å². The Bertz CT molecular complexity index is 1230. The van der Waals surface area contributed by atoms with Gasteiger partial charge in [0.05, 0.1) is 43.7 Å². The predicted molar refractivity (Wildman–Crippen MR) is 129 cm³/mol. The van der Waals surface area contributed by atoms with Crippen LogP contribution in [0.5, 0.6) is 11.5 Å². The Balaban J connectivity index is 1.24. The topological polar surface area (TPSA) is 102 Å². The first-order chi connectivity index (χ1) is 17.3. The molecule has 0 radical (unpaired) electrons. The van der Waals surface area contributed by atoms with Crippen molar-refractivity contribution in [1.82, 2.24) is 4.90 Å². The number of carbonyl (C=O) groups excluding carboxylic acids is 4. The SMILES string of the molecule is CCOC(=O)c1ccc(N2CC(C(=O)N3CCC4(CC(=O)c5cc(OC)ccc5O4)C3)CC2=O)cc1. The van der Waals surface area contributed by atoms with Gasteiger partial charge in [-0.1, -0.05) is 0 Å². The van der Waals surface area contributed by atoms with Gasteiger partial charge in [0.1, 0.15) is 17.1 Å². The number of nitrogens with zero attached hydrogens (tertiary/aromatic N) is 2. The third-order valence-corrected chi connectivity index (χ3v) is 7.09. The largest absolute Gasteiger partial charge is 0.497 e. The summed E-state index contributed by atoms with van der Waals surface area (Å²) in [6.07, 6.45) is 0.861. The summed E-state index contributed by atoms with van der Waals surface area (Å²) < 4.78 is 16.5. The Morgan fingerprint density at radius 1 is 1.14 bits per heavy atom. The molecule has 3 aliphatic heterocycles. The van der Waals surface area contributed by atoms with Crippen molar-refractivity contribution >= 4 is 29.3 Å². The van der Waals surface area contributed by atoms with Crippen LogP contribution in [0.25, 0.3) is 0 Å². The van der Waals surface area contributed by atoms with E-state index in [0.717, 1.165) is 0 Å². The Morgan fingerprint density at radius 2 is 1.92 bits per heavy atom. The molecule has 188 valence electrons. The van der Waals surface area contributed by atoms with E-state index in [2.05, 4.69) is 0 Å². The maximum Gasteiger partial charge on any atom is 0.338 e. The third-order valence-electron chi connectivity index (χ3n) is 7.09. The van der Waals surface area contributed by atoms with Crippen LogP contribution in [0.3, 0.4) is 0 Å². The number of ether oxygens (including phenoxy) is 3. The van der Waals surface area contributed by atoms with E-state index in [4.69, 9.17) is 14.2 Å². The lowest BCUT2D eigenvalue weighted by atomic mass is 9.89. The quantitative estimate of drug-likeness (QED) is 0.592. The van der Waals surface area contributed by atoms with Crippen molar-refractivity contribution in [3.8, 4) is 11.5 Å². The summed E-state index contributed by atoms with van der Waals surface area (Å²) in [6.45, 7) is 3.07. The number of hydrogen-bond donors (Lipinski definition) is 0. The second kappa shape index (κ2) is 9.29. The number of carbonyl (C=O) groups is 4. The first kappa shape index (κ1) is 23.8. The normalized spacial score (nSPS) is 23.0. The maximum atomic E-state index is 13.4. The van der Waals surface area contributed by atoms with Gasteiger partial charge in [-0.15, -0.1) is 0 Å². The van der Waals surface area contributed by atoms with E-state index in [9.17, 15) is 19.2 Å². The summed E-state index contributed by atoms with van der Waals surface area (Å²) in [4.78, 5) is 54.1. The summed E-state index contributed by atoms with van der Waals surface area (Å²) in [5, 5.41) is 0. The zero-order valence-corrected chi connectivity index (χ0v) is 20.3. The number of likely N-dealkylation sites (tertiary alicyclic amines) is 1. The van der Waals surface area contributed by atoms with Crippen LogP contribution in [0, 0.1) is 5.92 Å². The second-order valence-corrected chi connectivity index (χ2v) is 9.43. The molecule has 1 spiro atoms. The van der Waals surface area contributed by atoms with Gasteiger partial charge >= 0.3 is 5.97 Å². The molecule has 0 saturated carbocycles. The Labute approximate surface area is 208 Å². The summed E-state index contributed by atoms with van der Waals surface area (Å²) in [6, 6.07) is 11.8. The number of methoxy groups -OCH3 is 1. The number of benzene rings is 2. The molecule has 0 aromatic heterocycles. The number of Topliss-reactive ketones (excluding diaryl/α,β-unsaturated/α-hetero) is 1. The minimum atomic E-state index is -0.750. The fraction of sp³-hybridized carbons (Fsp3) is 0.407. The van der Waals surface area contributed by atoms with Crippen LogP contribution in [0.4, 0.5) is 5.69 Å². The number of anilines is 1. The molecule has 9 heteroatoms. The van der Waals surface area contributed by atoms with Gasteiger partial charge in [-0.05, 0) is 49.4 Å². The molecule has 2 saturated heterocycles. The fourth-order valence-electron chi connectivity index (χ4n) is 5.23. The average molecular weight is 493 g/mol. The molecule has 3 heterocycles. The van der Waals surface area contributed by atoms with Crippen LogP contribution >= 0.6 is 0 Å². The molecule has 0 bridgehead atoms. The lowest BCUT2D eigenvalue weighted by molar-refractivity contribution is -0.135. The van der Waals surface area contributed by atoms with Crippen molar-refractivity contribution in [3.05, 3.63) is 53.6 Å². The molecule has 2 amide bonds. The molecular weight excluding hydrogens is 464 g/mol. The van der Waals surface area contributed by atoms with Crippen molar-refractivity contribution in [2.45, 2.75) is 31.8 Å². The molecule has 2 aromatic carbocycles. The molecule has 2 fully saturated rings. The fourth-order valence-corrected chi connectivity index (χ4v) is 5.23. The highest BCUT2D eigenvalue weighted by Gasteiger charge is 2.49. The number of rotatable bonds is 5. The molecule has 36 heavy (non-hydrogen) atoms. The van der Waals surface area contributed by atoms with E-state index in [1.807, 2.05) is 0 Å². The van der Waals surface area contributed by atoms with Crippen molar-refractivity contribution in [1.29, 1.82) is 0 Å². The maximum absolute atomic E-state index is 13.4. The third kappa shape index (κ3) is 4.29. The van der Waals surface area contributed by atoms with E-state index in [1.54, 1.807) is 66.3 Å². The minimum Gasteiger partial charge on any atom is -0.497 e. The van der Waals surface area contributed by atoms with Crippen molar-refractivity contribution in [2.75, 3.05) is 38.3 Å². The molecule has 2 atom stereocenters. The summed E-state index contributed by atoms with van der Waals surface area (Å²) in [7, 11) is 1.55. The second-order valence-electron chi connectivity index (χ2n) is 9.43. The highest BCUT2D eigenvalue weighted by Crippen LogP contribution is 2.40. The Morgan fingerprint density at radius 3 is 2.64 bits per heavy atom. The molecule has 2 aromatic rings. The van der Waals surface area contributed by atoms with Gasteiger partial charge in [-0.2, -0.15) is 0 Å².